The number of alkyl halides is 3. The summed E-state index contributed by atoms with van der Waals surface area (Å²) in [4.78, 5) is 14.6. The molecule has 2 aromatic rings. The molecule has 1 aromatic carbocycles. The molecule has 144 valence electrons. The first-order valence-electron chi connectivity index (χ1n) is 9.04. The lowest BCUT2D eigenvalue weighted by molar-refractivity contribution is -0.138. The fourth-order valence-electron chi connectivity index (χ4n) is 3.97. The van der Waals surface area contributed by atoms with Crippen LogP contribution >= 0.6 is 11.8 Å². The third-order valence-corrected chi connectivity index (χ3v) is 6.37. The molecule has 8 heteroatoms. The van der Waals surface area contributed by atoms with E-state index in [2.05, 4.69) is 10.2 Å². The van der Waals surface area contributed by atoms with Gasteiger partial charge in [0, 0.05) is 30.1 Å². The first-order valence-corrected chi connectivity index (χ1v) is 10.2. The number of fused-ring (bicyclic) bond motifs is 1. The summed E-state index contributed by atoms with van der Waals surface area (Å²) >= 11 is 1.81. The van der Waals surface area contributed by atoms with E-state index in [4.69, 9.17) is 0 Å². The monoisotopic (exact) mass is 395 g/mol. The third kappa shape index (κ3) is 3.59. The molecule has 4 rings (SSSR count). The molecule has 4 nitrogen and oxygen atoms in total. The van der Waals surface area contributed by atoms with E-state index in [9.17, 15) is 18.0 Å². The number of amides is 1. The van der Waals surface area contributed by atoms with E-state index in [-0.39, 0.29) is 11.8 Å². The topological polar surface area (TPSA) is 49.0 Å². The number of rotatable bonds is 2. The molecule has 1 N–H and O–H groups in total. The lowest BCUT2D eigenvalue weighted by Gasteiger charge is -2.33. The highest BCUT2D eigenvalue weighted by atomic mass is 32.2. The van der Waals surface area contributed by atoms with Gasteiger partial charge >= 0.3 is 6.18 Å². The average Bonchev–Trinajstić information content (AvgIpc) is 3.11. The summed E-state index contributed by atoms with van der Waals surface area (Å²) in [6, 6.07) is 5.77. The molecule has 0 radical (unpaired) electrons. The Kier molecular flexibility index (Phi) is 4.92. The Bertz CT molecular complexity index is 841. The SMILES string of the molecule is O=C(c1n[nH]c2c1CCSC2)N1CCC(c2ccccc2C(F)(F)F)CC1. The zero-order valence-electron chi connectivity index (χ0n) is 14.7. The van der Waals surface area contributed by atoms with Crippen molar-refractivity contribution in [2.75, 3.05) is 18.8 Å². The van der Waals surface area contributed by atoms with Crippen LogP contribution in [-0.4, -0.2) is 39.8 Å². The number of carbonyl (C=O) groups excluding carboxylic acids is 1. The summed E-state index contributed by atoms with van der Waals surface area (Å²) < 4.78 is 39.8. The van der Waals surface area contributed by atoms with Crippen LogP contribution in [-0.2, 0) is 18.3 Å². The smallest absolute Gasteiger partial charge is 0.337 e. The molecule has 1 amide bonds. The molecule has 1 saturated heterocycles. The van der Waals surface area contributed by atoms with Crippen LogP contribution < -0.4 is 0 Å². The highest BCUT2D eigenvalue weighted by Gasteiger charge is 2.36. The van der Waals surface area contributed by atoms with Gasteiger partial charge in [-0.2, -0.15) is 30.0 Å². The Labute approximate surface area is 159 Å². The van der Waals surface area contributed by atoms with Gasteiger partial charge in [-0.3, -0.25) is 9.89 Å². The zero-order chi connectivity index (χ0) is 19.0. The van der Waals surface area contributed by atoms with Crippen LogP contribution in [0.2, 0.25) is 0 Å². The minimum atomic E-state index is -4.35. The summed E-state index contributed by atoms with van der Waals surface area (Å²) in [5.74, 6) is 1.52. The summed E-state index contributed by atoms with van der Waals surface area (Å²) in [5.41, 5.74) is 2.28. The Balaban J connectivity index is 1.47. The van der Waals surface area contributed by atoms with Crippen LogP contribution in [0.3, 0.4) is 0 Å². The molecule has 2 aliphatic heterocycles. The van der Waals surface area contributed by atoms with E-state index in [1.807, 2.05) is 11.8 Å². The number of halogens is 3. The second-order valence-corrected chi connectivity index (χ2v) is 8.09. The number of aromatic amines is 1. The van der Waals surface area contributed by atoms with Crippen molar-refractivity contribution in [1.29, 1.82) is 0 Å². The van der Waals surface area contributed by atoms with Gasteiger partial charge in [-0.15, -0.1) is 0 Å². The van der Waals surface area contributed by atoms with Crippen molar-refractivity contribution in [3.8, 4) is 0 Å². The number of piperidine rings is 1. The number of likely N-dealkylation sites (tertiary alicyclic amines) is 1. The van der Waals surface area contributed by atoms with E-state index >= 15 is 0 Å². The van der Waals surface area contributed by atoms with Gasteiger partial charge in [0.05, 0.1) is 5.56 Å². The fourth-order valence-corrected chi connectivity index (χ4v) is 4.91. The van der Waals surface area contributed by atoms with Crippen molar-refractivity contribution < 1.29 is 18.0 Å². The molecule has 0 saturated carbocycles. The molecule has 0 atom stereocenters. The lowest BCUT2D eigenvalue weighted by atomic mass is 9.86. The molecule has 1 aromatic heterocycles. The molecule has 3 heterocycles. The summed E-state index contributed by atoms with van der Waals surface area (Å²) in [6.45, 7) is 0.901. The summed E-state index contributed by atoms with van der Waals surface area (Å²) in [6.07, 6.45) is -2.47. The standard InChI is InChI=1S/C19H20F3N3OS/c20-19(21,22)15-4-2-1-3-13(15)12-5-8-25(9-6-12)18(26)17-14-7-10-27-11-16(14)23-24-17/h1-4,12H,5-11H2,(H,23,24). The molecule has 0 aliphatic carbocycles. The van der Waals surface area contributed by atoms with Crippen LogP contribution in [0.4, 0.5) is 13.2 Å². The quantitative estimate of drug-likeness (QED) is 0.828. The zero-order valence-corrected chi connectivity index (χ0v) is 15.5. The van der Waals surface area contributed by atoms with Gasteiger partial charge < -0.3 is 4.90 Å². The number of nitrogens with one attached hydrogen (secondary N) is 1. The van der Waals surface area contributed by atoms with Gasteiger partial charge in [0.1, 0.15) is 0 Å². The first-order chi connectivity index (χ1) is 12.9. The summed E-state index contributed by atoms with van der Waals surface area (Å²) in [5, 5.41) is 7.18. The molecule has 27 heavy (non-hydrogen) atoms. The Morgan fingerprint density at radius 2 is 1.96 bits per heavy atom. The number of benzene rings is 1. The van der Waals surface area contributed by atoms with Gasteiger partial charge in [-0.1, -0.05) is 18.2 Å². The van der Waals surface area contributed by atoms with E-state index in [1.165, 1.54) is 6.07 Å². The minimum Gasteiger partial charge on any atom is -0.337 e. The Morgan fingerprint density at radius 1 is 1.22 bits per heavy atom. The van der Waals surface area contributed by atoms with E-state index in [0.29, 0.717) is 37.2 Å². The minimum absolute atomic E-state index is 0.109. The van der Waals surface area contributed by atoms with E-state index in [0.717, 1.165) is 35.3 Å². The van der Waals surface area contributed by atoms with Crippen molar-refractivity contribution >= 4 is 17.7 Å². The average molecular weight is 395 g/mol. The molecule has 1 fully saturated rings. The maximum atomic E-state index is 13.3. The highest BCUT2D eigenvalue weighted by Crippen LogP contribution is 2.39. The Morgan fingerprint density at radius 3 is 2.70 bits per heavy atom. The molecular formula is C19H20F3N3OS. The normalized spacial score (nSPS) is 18.4. The Hall–Kier alpha value is -1.96. The fraction of sp³-hybridized carbons (Fsp3) is 0.474. The van der Waals surface area contributed by atoms with Gasteiger partial charge in [0.25, 0.3) is 5.91 Å². The number of carbonyl (C=O) groups is 1. The molecular weight excluding hydrogens is 375 g/mol. The maximum Gasteiger partial charge on any atom is 0.416 e. The predicted molar refractivity (Wildman–Crippen MR) is 97.8 cm³/mol. The number of thioether (sulfide) groups is 1. The largest absolute Gasteiger partial charge is 0.416 e. The first kappa shape index (κ1) is 18.4. The second-order valence-electron chi connectivity index (χ2n) is 6.98. The molecule has 0 bridgehead atoms. The van der Waals surface area contributed by atoms with Crippen molar-refractivity contribution in [2.45, 2.75) is 37.1 Å². The maximum absolute atomic E-state index is 13.3. The number of hydrogen-bond acceptors (Lipinski definition) is 3. The van der Waals surface area contributed by atoms with Crippen LogP contribution in [0.15, 0.2) is 24.3 Å². The number of hydrogen-bond donors (Lipinski definition) is 1. The number of aromatic nitrogens is 2. The van der Waals surface area contributed by atoms with Crippen LogP contribution in [0.25, 0.3) is 0 Å². The third-order valence-electron chi connectivity index (χ3n) is 5.39. The number of nitrogens with zero attached hydrogens (tertiary/aromatic N) is 2. The van der Waals surface area contributed by atoms with E-state index < -0.39 is 11.7 Å². The van der Waals surface area contributed by atoms with Gasteiger partial charge in [-0.05, 0) is 42.6 Å². The van der Waals surface area contributed by atoms with Gasteiger partial charge in [-0.25, -0.2) is 0 Å². The van der Waals surface area contributed by atoms with Crippen molar-refractivity contribution in [2.24, 2.45) is 0 Å². The highest BCUT2D eigenvalue weighted by molar-refractivity contribution is 7.98. The van der Waals surface area contributed by atoms with Crippen LogP contribution in [0, 0.1) is 0 Å². The molecule has 2 aliphatic rings. The van der Waals surface area contributed by atoms with Crippen molar-refractivity contribution in [3.63, 3.8) is 0 Å². The molecule has 0 unspecified atom stereocenters. The van der Waals surface area contributed by atoms with Crippen molar-refractivity contribution in [1.82, 2.24) is 15.1 Å². The predicted octanol–water partition coefficient (Wildman–Crippen LogP) is 4.24. The van der Waals surface area contributed by atoms with E-state index in [1.54, 1.807) is 17.0 Å². The van der Waals surface area contributed by atoms with Crippen LogP contribution in [0.1, 0.15) is 51.6 Å². The van der Waals surface area contributed by atoms with Gasteiger partial charge in [0.15, 0.2) is 5.69 Å². The summed E-state index contributed by atoms with van der Waals surface area (Å²) in [7, 11) is 0. The lowest BCUT2D eigenvalue weighted by Crippen LogP contribution is -2.38. The van der Waals surface area contributed by atoms with Crippen molar-refractivity contribution in [3.05, 3.63) is 52.3 Å². The molecule has 0 spiro atoms. The van der Waals surface area contributed by atoms with Gasteiger partial charge in [0.2, 0.25) is 0 Å². The van der Waals surface area contributed by atoms with Crippen LogP contribution in [0.5, 0.6) is 0 Å². The number of H-pyrrole nitrogens is 1. The second kappa shape index (κ2) is 7.22.